The van der Waals surface area contributed by atoms with Gasteiger partial charge in [0.05, 0.1) is 11.3 Å². The normalized spacial score (nSPS) is 21.4. The molecule has 3 heterocycles. The molecule has 4 aliphatic rings. The number of rotatable bonds is 3. The van der Waals surface area contributed by atoms with E-state index >= 15 is 0 Å². The van der Waals surface area contributed by atoms with Crippen LogP contribution in [-0.2, 0) is 11.0 Å². The van der Waals surface area contributed by atoms with E-state index in [4.69, 9.17) is 11.6 Å². The van der Waals surface area contributed by atoms with Crippen LogP contribution in [0.4, 0.5) is 39.8 Å². The minimum atomic E-state index is -4.73. The van der Waals surface area contributed by atoms with Gasteiger partial charge >= 0.3 is 18.2 Å². The quantitative estimate of drug-likeness (QED) is 0.509. The summed E-state index contributed by atoms with van der Waals surface area (Å²) in [4.78, 5) is 39.8. The maximum absolute atomic E-state index is 14.1. The summed E-state index contributed by atoms with van der Waals surface area (Å²) in [5, 5.41) is 8.00. The Morgan fingerprint density at radius 1 is 0.865 bits per heavy atom. The molecule has 6 rings (SSSR count). The lowest BCUT2D eigenvalue weighted by atomic mass is 9.78. The molecular weight excluding hydrogens is 511 g/mol. The lowest BCUT2D eigenvalue weighted by molar-refractivity contribution is -0.137. The van der Waals surface area contributed by atoms with Crippen molar-refractivity contribution in [1.29, 1.82) is 0 Å². The number of benzene rings is 2. The average Bonchev–Trinajstić information content (AvgIpc) is 3.36. The Labute approximate surface area is 216 Å². The van der Waals surface area contributed by atoms with Crippen LogP contribution in [0.5, 0.6) is 0 Å². The third-order valence-electron chi connectivity index (χ3n) is 7.06. The second-order valence-electron chi connectivity index (χ2n) is 9.41. The summed E-state index contributed by atoms with van der Waals surface area (Å²) in [6.07, 6.45) is -1.47. The number of hydrogen-bond acceptors (Lipinski definition) is 3. The van der Waals surface area contributed by atoms with Gasteiger partial charge < -0.3 is 15.5 Å². The minimum Gasteiger partial charge on any atom is -0.309 e. The van der Waals surface area contributed by atoms with E-state index in [1.54, 1.807) is 24.3 Å². The number of carbonyl (C=O) groups is 3. The zero-order chi connectivity index (χ0) is 26.3. The molecule has 2 aromatic carbocycles. The fourth-order valence-electron chi connectivity index (χ4n) is 5.27. The number of amides is 5. The Morgan fingerprint density at radius 3 is 2.00 bits per heavy atom. The van der Waals surface area contributed by atoms with E-state index in [9.17, 15) is 27.6 Å². The number of hydrogen-bond donors (Lipinski definition) is 2. The van der Waals surface area contributed by atoms with Gasteiger partial charge in [-0.05, 0) is 74.6 Å². The molecule has 8 nitrogen and oxygen atoms in total. The van der Waals surface area contributed by atoms with E-state index in [-0.39, 0.29) is 42.3 Å². The maximum atomic E-state index is 14.1. The molecule has 3 saturated heterocycles. The summed E-state index contributed by atoms with van der Waals surface area (Å²) in [6.45, 7) is 0.481. The molecule has 196 valence electrons. The number of nitrogens with one attached hydrogen (secondary N) is 2. The zero-order valence-corrected chi connectivity index (χ0v) is 20.5. The third-order valence-corrected chi connectivity index (χ3v) is 7.31. The van der Waals surface area contributed by atoms with E-state index in [2.05, 4.69) is 10.6 Å². The van der Waals surface area contributed by atoms with Gasteiger partial charge in [-0.15, -0.1) is 0 Å². The highest BCUT2D eigenvalue weighted by Crippen LogP contribution is 2.44. The van der Waals surface area contributed by atoms with Gasteiger partial charge in [-0.2, -0.15) is 13.2 Å². The van der Waals surface area contributed by atoms with Gasteiger partial charge in [-0.25, -0.2) is 19.6 Å². The summed E-state index contributed by atoms with van der Waals surface area (Å²) < 4.78 is 42.2. The number of urea groups is 2. The smallest absolute Gasteiger partial charge is 0.309 e. The summed E-state index contributed by atoms with van der Waals surface area (Å²) >= 11 is 5.86. The van der Waals surface area contributed by atoms with Crippen LogP contribution in [0, 0.1) is 5.92 Å². The Balaban J connectivity index is 1.33. The van der Waals surface area contributed by atoms with Crippen LogP contribution in [0.3, 0.4) is 0 Å². The second kappa shape index (κ2) is 9.77. The zero-order valence-electron chi connectivity index (χ0n) is 19.7. The van der Waals surface area contributed by atoms with E-state index < -0.39 is 23.8 Å². The van der Waals surface area contributed by atoms with Crippen molar-refractivity contribution in [3.63, 3.8) is 0 Å². The average molecular weight is 536 g/mol. The van der Waals surface area contributed by atoms with Gasteiger partial charge in [0.15, 0.2) is 0 Å². The molecule has 2 N–H and O–H groups in total. The van der Waals surface area contributed by atoms with Gasteiger partial charge in [0, 0.05) is 41.4 Å². The van der Waals surface area contributed by atoms with Crippen molar-refractivity contribution < 1.29 is 27.6 Å². The van der Waals surface area contributed by atoms with E-state index in [0.29, 0.717) is 42.8 Å². The summed E-state index contributed by atoms with van der Waals surface area (Å²) in [6, 6.07) is 8.33. The van der Waals surface area contributed by atoms with E-state index in [1.807, 2.05) is 0 Å². The van der Waals surface area contributed by atoms with Crippen molar-refractivity contribution in [3.8, 4) is 0 Å². The lowest BCUT2D eigenvalue weighted by Gasteiger charge is -2.45. The Kier molecular flexibility index (Phi) is 6.65. The maximum Gasteiger partial charge on any atom is 0.418 e. The number of fused-ring (bicyclic) bond motifs is 3. The van der Waals surface area contributed by atoms with Gasteiger partial charge in [0.2, 0.25) is 5.91 Å². The third kappa shape index (κ3) is 5.04. The largest absolute Gasteiger partial charge is 0.418 e. The van der Waals surface area contributed by atoms with Crippen LogP contribution >= 0.6 is 11.6 Å². The summed E-state index contributed by atoms with van der Waals surface area (Å²) in [5.41, 5.74) is -0.770. The molecule has 37 heavy (non-hydrogen) atoms. The molecule has 4 fully saturated rings. The number of piperidine rings is 2. The van der Waals surface area contributed by atoms with Gasteiger partial charge in [-0.3, -0.25) is 4.79 Å². The standard InChI is InChI=1S/C25H25ClF3N5O3/c26-16-4-6-17(7-5-16)30-23(36)32-12-1-13-33(32)24(37)31-18-8-11-21(20(14-18)25(27,28)29)34-19-9-2-15(3-10-19)22(34)35/h4-8,11,14-15,19H,1-3,9-10,12-13H2,(H,30,36)(H,31,37). The highest BCUT2D eigenvalue weighted by molar-refractivity contribution is 6.30. The van der Waals surface area contributed by atoms with Crippen LogP contribution < -0.4 is 15.5 Å². The van der Waals surface area contributed by atoms with Crippen molar-refractivity contribution in [3.05, 3.63) is 53.1 Å². The molecule has 0 radical (unpaired) electrons. The fourth-order valence-corrected chi connectivity index (χ4v) is 5.39. The van der Waals surface area contributed by atoms with Crippen molar-refractivity contribution in [2.45, 2.75) is 44.3 Å². The molecule has 2 bridgehead atoms. The molecule has 2 aromatic rings. The molecular formula is C25H25ClF3N5O3. The number of hydrazine groups is 1. The number of alkyl halides is 3. The molecule has 1 aliphatic carbocycles. The molecule has 0 atom stereocenters. The fraction of sp³-hybridized carbons (Fsp3) is 0.400. The van der Waals surface area contributed by atoms with Crippen LogP contribution in [0.1, 0.15) is 37.7 Å². The van der Waals surface area contributed by atoms with Crippen molar-refractivity contribution in [2.75, 3.05) is 28.6 Å². The van der Waals surface area contributed by atoms with Crippen molar-refractivity contribution in [1.82, 2.24) is 10.0 Å². The van der Waals surface area contributed by atoms with Crippen LogP contribution in [0.25, 0.3) is 0 Å². The lowest BCUT2D eigenvalue weighted by Crippen LogP contribution is -2.53. The molecule has 0 spiro atoms. The highest BCUT2D eigenvalue weighted by atomic mass is 35.5. The predicted octanol–water partition coefficient (Wildman–Crippen LogP) is 5.95. The molecule has 5 amide bonds. The first-order valence-corrected chi connectivity index (χ1v) is 12.5. The van der Waals surface area contributed by atoms with Gasteiger partial charge in [-0.1, -0.05) is 11.6 Å². The number of nitrogens with zero attached hydrogens (tertiary/aromatic N) is 3. The van der Waals surface area contributed by atoms with E-state index in [0.717, 1.165) is 11.1 Å². The molecule has 12 heteroatoms. The van der Waals surface area contributed by atoms with Gasteiger partial charge in [0.1, 0.15) is 0 Å². The Bertz CT molecular complexity index is 1220. The number of carbonyl (C=O) groups excluding carboxylic acids is 3. The van der Waals surface area contributed by atoms with Crippen molar-refractivity contribution in [2.24, 2.45) is 5.92 Å². The summed E-state index contributed by atoms with van der Waals surface area (Å²) in [7, 11) is 0. The first-order valence-electron chi connectivity index (χ1n) is 12.1. The topological polar surface area (TPSA) is 85.0 Å². The summed E-state index contributed by atoms with van der Waals surface area (Å²) in [5.74, 6) is -0.519. The molecule has 1 saturated carbocycles. The molecule has 0 unspecified atom stereocenters. The van der Waals surface area contributed by atoms with Crippen LogP contribution in [-0.4, -0.2) is 47.1 Å². The molecule has 0 aromatic heterocycles. The van der Waals surface area contributed by atoms with Gasteiger partial charge in [0.25, 0.3) is 0 Å². The highest BCUT2D eigenvalue weighted by Gasteiger charge is 2.45. The Morgan fingerprint density at radius 2 is 1.43 bits per heavy atom. The second-order valence-corrected chi connectivity index (χ2v) is 9.85. The Hall–Kier alpha value is -3.47. The first kappa shape index (κ1) is 25.2. The SMILES string of the molecule is O=C1C2CCC(CC2)N1c1ccc(NC(=O)N2CCCN2C(=O)Nc2ccc(Cl)cc2)cc1C(F)(F)F. The first-order chi connectivity index (χ1) is 17.6. The van der Waals surface area contributed by atoms with E-state index in [1.165, 1.54) is 22.0 Å². The minimum absolute atomic E-state index is 0.0827. The van der Waals surface area contributed by atoms with Crippen molar-refractivity contribution >= 4 is 46.6 Å². The predicted molar refractivity (Wildman–Crippen MR) is 132 cm³/mol. The van der Waals surface area contributed by atoms with Crippen LogP contribution in [0.2, 0.25) is 5.02 Å². The number of anilines is 3. The monoisotopic (exact) mass is 535 g/mol. The molecule has 3 aliphatic heterocycles. The number of halogens is 4. The van der Waals surface area contributed by atoms with Crippen LogP contribution in [0.15, 0.2) is 42.5 Å².